The summed E-state index contributed by atoms with van der Waals surface area (Å²) in [5.74, 6) is 0.553. The van der Waals surface area contributed by atoms with Crippen molar-refractivity contribution in [2.75, 3.05) is 31.1 Å². The van der Waals surface area contributed by atoms with Crippen molar-refractivity contribution >= 4 is 11.4 Å². The van der Waals surface area contributed by atoms with Crippen molar-refractivity contribution in [1.29, 1.82) is 0 Å². The number of nitro benzene ring substituents is 1. The second-order valence-electron chi connectivity index (χ2n) is 4.47. The predicted octanol–water partition coefficient (Wildman–Crippen LogP) is 1.79. The molecule has 1 N–H and O–H groups in total. The van der Waals surface area contributed by atoms with Gasteiger partial charge in [-0.25, -0.2) is 0 Å². The molecule has 6 nitrogen and oxygen atoms in total. The summed E-state index contributed by atoms with van der Waals surface area (Å²) in [5.41, 5.74) is 0.929. The first kappa shape index (κ1) is 13.6. The summed E-state index contributed by atoms with van der Waals surface area (Å²) in [4.78, 5) is 12.8. The number of nitrogens with one attached hydrogen (secondary N) is 1. The van der Waals surface area contributed by atoms with E-state index in [2.05, 4.69) is 17.1 Å². The highest BCUT2D eigenvalue weighted by Crippen LogP contribution is 2.30. The minimum Gasteiger partial charge on any atom is -0.494 e. The van der Waals surface area contributed by atoms with E-state index in [4.69, 9.17) is 4.74 Å². The lowest BCUT2D eigenvalue weighted by atomic mass is 10.1. The van der Waals surface area contributed by atoms with E-state index in [0.717, 1.165) is 25.3 Å². The first-order chi connectivity index (χ1) is 9.15. The van der Waals surface area contributed by atoms with Crippen molar-refractivity contribution in [3.05, 3.63) is 28.3 Å². The third kappa shape index (κ3) is 2.96. The van der Waals surface area contributed by atoms with Gasteiger partial charge in [0.2, 0.25) is 0 Å². The van der Waals surface area contributed by atoms with E-state index in [9.17, 15) is 10.1 Å². The summed E-state index contributed by atoms with van der Waals surface area (Å²) >= 11 is 0. The lowest BCUT2D eigenvalue weighted by molar-refractivity contribution is -0.384. The number of hydrogen-bond donors (Lipinski definition) is 1. The Hall–Kier alpha value is -1.82. The summed E-state index contributed by atoms with van der Waals surface area (Å²) in [6.45, 7) is 7.07. The molecule has 1 heterocycles. The zero-order chi connectivity index (χ0) is 13.8. The van der Waals surface area contributed by atoms with Crippen LogP contribution in [0.15, 0.2) is 18.2 Å². The maximum absolute atomic E-state index is 11.0. The molecule has 6 heteroatoms. The molecule has 2 rings (SSSR count). The highest BCUT2D eigenvalue weighted by Gasteiger charge is 2.25. The molecule has 1 fully saturated rings. The monoisotopic (exact) mass is 265 g/mol. The van der Waals surface area contributed by atoms with Gasteiger partial charge in [0.1, 0.15) is 5.75 Å². The molecule has 0 spiro atoms. The topological polar surface area (TPSA) is 67.6 Å². The van der Waals surface area contributed by atoms with Crippen molar-refractivity contribution in [2.45, 2.75) is 19.9 Å². The molecule has 0 unspecified atom stereocenters. The SMILES string of the molecule is CCOc1cc(N(CC)C2CNC2)cc([N+](=O)[O-])c1. The molecule has 0 aromatic heterocycles. The maximum Gasteiger partial charge on any atom is 0.275 e. The quantitative estimate of drug-likeness (QED) is 0.627. The van der Waals surface area contributed by atoms with Crippen LogP contribution in [0, 0.1) is 10.1 Å². The summed E-state index contributed by atoms with van der Waals surface area (Å²) in [5, 5.41) is 14.2. The van der Waals surface area contributed by atoms with Crippen LogP contribution in [0.3, 0.4) is 0 Å². The first-order valence-corrected chi connectivity index (χ1v) is 6.55. The Morgan fingerprint density at radius 3 is 2.63 bits per heavy atom. The highest BCUT2D eigenvalue weighted by molar-refractivity contribution is 5.59. The second kappa shape index (κ2) is 5.88. The standard InChI is InChI=1S/C13H19N3O3/c1-3-15(12-8-14-9-12)10-5-11(16(17)18)7-13(6-10)19-4-2/h5-7,12,14H,3-4,8-9H2,1-2H3. The van der Waals surface area contributed by atoms with Gasteiger partial charge in [-0.3, -0.25) is 10.1 Å². The number of nitro groups is 1. The van der Waals surface area contributed by atoms with Crippen LogP contribution < -0.4 is 15.0 Å². The number of non-ortho nitro benzene ring substituents is 1. The van der Waals surface area contributed by atoms with Gasteiger partial charge in [-0.15, -0.1) is 0 Å². The minimum atomic E-state index is -0.376. The van der Waals surface area contributed by atoms with Gasteiger partial charge in [0.05, 0.1) is 23.6 Å². The van der Waals surface area contributed by atoms with Gasteiger partial charge >= 0.3 is 0 Å². The van der Waals surface area contributed by atoms with Crippen LogP contribution in [-0.4, -0.2) is 37.2 Å². The van der Waals surface area contributed by atoms with Crippen LogP contribution in [0.5, 0.6) is 5.75 Å². The van der Waals surface area contributed by atoms with E-state index < -0.39 is 0 Å². The van der Waals surface area contributed by atoms with E-state index >= 15 is 0 Å². The van der Waals surface area contributed by atoms with Crippen LogP contribution in [-0.2, 0) is 0 Å². The Kier molecular flexibility index (Phi) is 4.21. The van der Waals surface area contributed by atoms with Crippen LogP contribution in [0.4, 0.5) is 11.4 Å². The fourth-order valence-corrected chi connectivity index (χ4v) is 2.23. The van der Waals surface area contributed by atoms with Crippen molar-refractivity contribution in [2.24, 2.45) is 0 Å². The highest BCUT2D eigenvalue weighted by atomic mass is 16.6. The Balaban J connectivity index is 2.33. The van der Waals surface area contributed by atoms with E-state index in [0.29, 0.717) is 18.4 Å². The van der Waals surface area contributed by atoms with Gasteiger partial charge in [0.25, 0.3) is 5.69 Å². The Bertz CT molecular complexity index is 460. The zero-order valence-corrected chi connectivity index (χ0v) is 11.3. The number of ether oxygens (including phenoxy) is 1. The summed E-state index contributed by atoms with van der Waals surface area (Å²) < 4.78 is 5.42. The summed E-state index contributed by atoms with van der Waals surface area (Å²) in [6.07, 6.45) is 0. The molecule has 104 valence electrons. The van der Waals surface area contributed by atoms with Crippen molar-refractivity contribution in [3.8, 4) is 5.75 Å². The Morgan fingerprint density at radius 2 is 2.16 bits per heavy atom. The van der Waals surface area contributed by atoms with Crippen LogP contribution >= 0.6 is 0 Å². The molecule has 1 aliphatic rings. The molecule has 1 saturated heterocycles. The molecular weight excluding hydrogens is 246 g/mol. The molecule has 19 heavy (non-hydrogen) atoms. The lowest BCUT2D eigenvalue weighted by Crippen LogP contribution is -2.57. The normalized spacial score (nSPS) is 14.8. The molecule has 1 aromatic carbocycles. The van der Waals surface area contributed by atoms with Crippen LogP contribution in [0.2, 0.25) is 0 Å². The van der Waals surface area contributed by atoms with Crippen LogP contribution in [0.1, 0.15) is 13.8 Å². The van der Waals surface area contributed by atoms with Gasteiger partial charge in [-0.1, -0.05) is 0 Å². The zero-order valence-electron chi connectivity index (χ0n) is 11.3. The van der Waals surface area contributed by atoms with Crippen molar-refractivity contribution in [1.82, 2.24) is 5.32 Å². The van der Waals surface area contributed by atoms with Gasteiger partial charge in [-0.2, -0.15) is 0 Å². The molecule has 0 saturated carbocycles. The average Bonchev–Trinajstić information content (AvgIpc) is 2.33. The molecule has 0 amide bonds. The fourth-order valence-electron chi connectivity index (χ4n) is 2.23. The molecule has 1 aromatic rings. The molecule has 0 bridgehead atoms. The molecule has 1 aliphatic heterocycles. The van der Waals surface area contributed by atoms with Crippen molar-refractivity contribution < 1.29 is 9.66 Å². The van der Waals surface area contributed by atoms with Gasteiger partial charge in [-0.05, 0) is 13.8 Å². The van der Waals surface area contributed by atoms with Crippen molar-refractivity contribution in [3.63, 3.8) is 0 Å². The van der Waals surface area contributed by atoms with Gasteiger partial charge in [0, 0.05) is 37.5 Å². The van der Waals surface area contributed by atoms with Gasteiger partial charge in [0.15, 0.2) is 0 Å². The number of anilines is 1. The molecule has 0 aliphatic carbocycles. The molecule has 0 radical (unpaired) electrons. The molecular formula is C13H19N3O3. The summed E-state index contributed by atoms with van der Waals surface area (Å²) in [7, 11) is 0. The molecule has 0 atom stereocenters. The second-order valence-corrected chi connectivity index (χ2v) is 4.47. The minimum absolute atomic E-state index is 0.0756. The predicted molar refractivity (Wildman–Crippen MR) is 73.9 cm³/mol. The number of rotatable bonds is 6. The van der Waals surface area contributed by atoms with E-state index in [1.54, 1.807) is 6.07 Å². The van der Waals surface area contributed by atoms with E-state index in [1.807, 2.05) is 13.0 Å². The maximum atomic E-state index is 11.0. The third-order valence-electron chi connectivity index (χ3n) is 3.27. The average molecular weight is 265 g/mol. The number of benzene rings is 1. The lowest BCUT2D eigenvalue weighted by Gasteiger charge is -2.39. The van der Waals surface area contributed by atoms with E-state index in [1.165, 1.54) is 6.07 Å². The number of likely N-dealkylation sites (N-methyl/N-ethyl adjacent to an activating group) is 1. The smallest absolute Gasteiger partial charge is 0.275 e. The Labute approximate surface area is 112 Å². The van der Waals surface area contributed by atoms with Gasteiger partial charge < -0.3 is 15.0 Å². The van der Waals surface area contributed by atoms with E-state index in [-0.39, 0.29) is 10.6 Å². The fraction of sp³-hybridized carbons (Fsp3) is 0.538. The third-order valence-corrected chi connectivity index (χ3v) is 3.27. The number of hydrogen-bond acceptors (Lipinski definition) is 5. The first-order valence-electron chi connectivity index (χ1n) is 6.55. The summed E-state index contributed by atoms with van der Waals surface area (Å²) in [6, 6.07) is 5.36. The number of nitrogens with zero attached hydrogens (tertiary/aromatic N) is 2. The van der Waals surface area contributed by atoms with Crippen LogP contribution in [0.25, 0.3) is 0 Å². The Morgan fingerprint density at radius 1 is 1.42 bits per heavy atom. The largest absolute Gasteiger partial charge is 0.494 e.